The monoisotopic (exact) mass is 181 g/mol. The molecule has 1 aliphatic heterocycles. The molecule has 0 unspecified atom stereocenters. The van der Waals surface area contributed by atoms with Crippen LogP contribution in [0.4, 0.5) is 0 Å². The van der Waals surface area contributed by atoms with Gasteiger partial charge in [0.05, 0.1) is 0 Å². The topological polar surface area (TPSA) is 86.6 Å². The summed E-state index contributed by atoms with van der Waals surface area (Å²) in [4.78, 5) is 20.2. The molecule has 6 heteroatoms. The molecule has 0 bridgehead atoms. The Morgan fingerprint density at radius 3 is 1.64 bits per heavy atom. The average molecular weight is 182 g/mol. The minimum atomic E-state index is -0.988. The van der Waals surface area contributed by atoms with Crippen LogP contribution in [0.15, 0.2) is 0 Å². The third kappa shape index (κ3) is 2.06. The van der Waals surface area contributed by atoms with Gasteiger partial charge in [-0.05, 0) is 6.42 Å². The number of carboxylic acids is 2. The number of hydrogen-bond acceptors (Lipinski definition) is 3. The van der Waals surface area contributed by atoms with Crippen molar-refractivity contribution in [1.82, 2.24) is 5.32 Å². The van der Waals surface area contributed by atoms with E-state index < -0.39 is 24.0 Å². The van der Waals surface area contributed by atoms with E-state index in [-0.39, 0.29) is 18.8 Å². The molecule has 0 radical (unpaired) electrons. The maximum atomic E-state index is 10.1. The van der Waals surface area contributed by atoms with Gasteiger partial charge in [-0.25, -0.2) is 0 Å². The van der Waals surface area contributed by atoms with Gasteiger partial charge in [-0.15, -0.1) is 12.4 Å². The predicted octanol–water partition coefficient (Wildman–Crippen LogP) is -0.692. The van der Waals surface area contributed by atoms with Crippen molar-refractivity contribution in [3.63, 3.8) is 0 Å². The largest absolute Gasteiger partial charge is 0.480 e. The highest BCUT2D eigenvalue weighted by molar-refractivity contribution is 5.85. The summed E-state index contributed by atoms with van der Waals surface area (Å²) in [5.74, 6) is -1.98. The molecule has 0 spiro atoms. The lowest BCUT2D eigenvalue weighted by Gasteiger charge is -2.30. The Bertz CT molecular complexity index is 159. The minimum absolute atomic E-state index is 0. The maximum absolute atomic E-state index is 10.1. The van der Waals surface area contributed by atoms with Crippen LogP contribution < -0.4 is 5.32 Å². The fourth-order valence-electron chi connectivity index (χ4n) is 0.798. The van der Waals surface area contributed by atoms with Crippen LogP contribution in [0.2, 0.25) is 0 Å². The number of carboxylic acid groups (broad SMARTS) is 2. The second-order valence-corrected chi connectivity index (χ2v) is 2.18. The Kier molecular flexibility index (Phi) is 3.28. The van der Waals surface area contributed by atoms with Crippen molar-refractivity contribution in [2.75, 3.05) is 0 Å². The first-order valence-electron chi connectivity index (χ1n) is 2.83. The summed E-state index contributed by atoms with van der Waals surface area (Å²) >= 11 is 0. The molecule has 1 saturated heterocycles. The summed E-state index contributed by atoms with van der Waals surface area (Å²) in [5, 5.41) is 18.9. The molecule has 1 fully saturated rings. The molecular formula is C5H8ClNO4. The molecule has 0 aliphatic carbocycles. The highest BCUT2D eigenvalue weighted by atomic mass is 35.5. The third-order valence-corrected chi connectivity index (χ3v) is 1.47. The first-order chi connectivity index (χ1) is 4.61. The van der Waals surface area contributed by atoms with Crippen molar-refractivity contribution in [1.29, 1.82) is 0 Å². The minimum Gasteiger partial charge on any atom is -0.480 e. The van der Waals surface area contributed by atoms with E-state index in [1.807, 2.05) is 0 Å². The van der Waals surface area contributed by atoms with E-state index in [0.29, 0.717) is 0 Å². The van der Waals surface area contributed by atoms with Crippen LogP contribution in [0.25, 0.3) is 0 Å². The Balaban J connectivity index is 0.000001000. The molecule has 0 amide bonds. The van der Waals surface area contributed by atoms with Gasteiger partial charge in [-0.1, -0.05) is 0 Å². The molecule has 2 atom stereocenters. The van der Waals surface area contributed by atoms with Crippen molar-refractivity contribution >= 4 is 24.3 Å². The zero-order valence-electron chi connectivity index (χ0n) is 5.48. The molecule has 11 heavy (non-hydrogen) atoms. The summed E-state index contributed by atoms with van der Waals surface area (Å²) in [7, 11) is 0. The van der Waals surface area contributed by atoms with Crippen LogP contribution in [0, 0.1) is 0 Å². The highest BCUT2D eigenvalue weighted by Crippen LogP contribution is 2.11. The number of rotatable bonds is 2. The van der Waals surface area contributed by atoms with E-state index in [1.54, 1.807) is 0 Å². The van der Waals surface area contributed by atoms with E-state index in [4.69, 9.17) is 10.2 Å². The average Bonchev–Trinajstić information content (AvgIpc) is 1.56. The predicted molar refractivity (Wildman–Crippen MR) is 37.8 cm³/mol. The first-order valence-corrected chi connectivity index (χ1v) is 2.83. The van der Waals surface area contributed by atoms with E-state index in [9.17, 15) is 9.59 Å². The summed E-state index contributed by atoms with van der Waals surface area (Å²) < 4.78 is 0. The van der Waals surface area contributed by atoms with Gasteiger partial charge in [0.2, 0.25) is 0 Å². The summed E-state index contributed by atoms with van der Waals surface area (Å²) in [5.41, 5.74) is 0. The highest BCUT2D eigenvalue weighted by Gasteiger charge is 2.37. The van der Waals surface area contributed by atoms with Gasteiger partial charge >= 0.3 is 11.9 Å². The number of hydrogen-bond donors (Lipinski definition) is 3. The van der Waals surface area contributed by atoms with Crippen molar-refractivity contribution in [2.24, 2.45) is 0 Å². The number of nitrogens with one attached hydrogen (secondary N) is 1. The molecule has 1 heterocycles. The smallest absolute Gasteiger partial charge is 0.320 e. The van der Waals surface area contributed by atoms with Gasteiger partial charge in [0, 0.05) is 0 Å². The molecule has 5 nitrogen and oxygen atoms in total. The molecule has 0 saturated carbocycles. The summed E-state index contributed by atoms with van der Waals surface area (Å²) in [6, 6.07) is -1.33. The van der Waals surface area contributed by atoms with Gasteiger partial charge in [0.25, 0.3) is 0 Å². The molecule has 0 aromatic carbocycles. The zero-order valence-corrected chi connectivity index (χ0v) is 6.30. The second-order valence-electron chi connectivity index (χ2n) is 2.18. The molecule has 64 valence electrons. The van der Waals surface area contributed by atoms with Crippen molar-refractivity contribution < 1.29 is 19.8 Å². The fourth-order valence-corrected chi connectivity index (χ4v) is 0.798. The lowest BCUT2D eigenvalue weighted by atomic mass is 9.98. The fraction of sp³-hybridized carbons (Fsp3) is 0.600. The quantitative estimate of drug-likeness (QED) is 0.525. The molecule has 1 rings (SSSR count). The Hall–Kier alpha value is -0.810. The van der Waals surface area contributed by atoms with E-state index in [1.165, 1.54) is 0 Å². The van der Waals surface area contributed by atoms with Crippen molar-refractivity contribution in [2.45, 2.75) is 18.5 Å². The van der Waals surface area contributed by atoms with Crippen LogP contribution >= 0.6 is 12.4 Å². The van der Waals surface area contributed by atoms with E-state index >= 15 is 0 Å². The number of halogens is 1. The van der Waals surface area contributed by atoms with Gasteiger partial charge < -0.3 is 10.2 Å². The SMILES string of the molecule is Cl.O=C(O)[C@@H]1C[C@@H](C(=O)O)N1. The van der Waals surface area contributed by atoms with Crippen LogP contribution in [0.5, 0.6) is 0 Å². The van der Waals surface area contributed by atoms with E-state index in [2.05, 4.69) is 5.32 Å². The number of aliphatic carboxylic acids is 2. The zero-order chi connectivity index (χ0) is 7.72. The number of carbonyl (C=O) groups is 2. The Morgan fingerprint density at radius 1 is 1.18 bits per heavy atom. The molecule has 0 aromatic heterocycles. The Labute approximate surface area is 68.8 Å². The van der Waals surface area contributed by atoms with Crippen molar-refractivity contribution in [3.8, 4) is 0 Å². The molecular weight excluding hydrogens is 174 g/mol. The first kappa shape index (κ1) is 10.2. The Morgan fingerprint density at radius 2 is 1.45 bits per heavy atom. The van der Waals surface area contributed by atoms with Gasteiger partial charge in [0.1, 0.15) is 12.1 Å². The standard InChI is InChI=1S/C5H7NO4.ClH/c7-4(8)2-1-3(6-2)5(9)10;/h2-3,6H,1H2,(H,7,8)(H,9,10);1H/t2-,3-;/m0./s1. The van der Waals surface area contributed by atoms with Crippen LogP contribution in [-0.4, -0.2) is 34.2 Å². The third-order valence-electron chi connectivity index (χ3n) is 1.47. The van der Waals surface area contributed by atoms with Crippen LogP contribution in [0.1, 0.15) is 6.42 Å². The summed E-state index contributed by atoms with van der Waals surface area (Å²) in [6.45, 7) is 0. The normalized spacial score (nSPS) is 28.0. The van der Waals surface area contributed by atoms with Gasteiger partial charge in [-0.2, -0.15) is 0 Å². The van der Waals surface area contributed by atoms with E-state index in [0.717, 1.165) is 0 Å². The molecule has 3 N–H and O–H groups in total. The van der Waals surface area contributed by atoms with Crippen LogP contribution in [-0.2, 0) is 9.59 Å². The second kappa shape index (κ2) is 3.54. The van der Waals surface area contributed by atoms with Gasteiger partial charge in [-0.3, -0.25) is 14.9 Å². The molecule has 1 aliphatic rings. The van der Waals surface area contributed by atoms with Crippen LogP contribution in [0.3, 0.4) is 0 Å². The molecule has 0 aromatic rings. The summed E-state index contributed by atoms with van der Waals surface area (Å²) in [6.07, 6.45) is 0.185. The lowest BCUT2D eigenvalue weighted by molar-refractivity contribution is -0.148. The van der Waals surface area contributed by atoms with Crippen molar-refractivity contribution in [3.05, 3.63) is 0 Å². The lowest BCUT2D eigenvalue weighted by Crippen LogP contribution is -2.59. The van der Waals surface area contributed by atoms with Gasteiger partial charge in [0.15, 0.2) is 0 Å². The maximum Gasteiger partial charge on any atom is 0.320 e.